The lowest BCUT2D eigenvalue weighted by molar-refractivity contribution is 0.104. The van der Waals surface area contributed by atoms with Crippen LogP contribution in [0.1, 0.15) is 20.8 Å². The molecule has 0 aliphatic carbocycles. The normalized spacial score (nSPS) is 10.4. The van der Waals surface area contributed by atoms with Crippen molar-refractivity contribution in [3.8, 4) is 0 Å². The largest absolute Gasteiger partial charge is 0.397 e. The third-order valence-electron chi connectivity index (χ3n) is 2.37. The zero-order chi connectivity index (χ0) is 11.7. The Morgan fingerprint density at radius 1 is 1.38 bits per heavy atom. The summed E-state index contributed by atoms with van der Waals surface area (Å²) < 4.78 is 0. The Hall–Kier alpha value is -1.32. The number of hydrogen-bond donors (Lipinski definition) is 1. The van der Waals surface area contributed by atoms with Crippen molar-refractivity contribution in [2.24, 2.45) is 0 Å². The number of anilines is 1. The van der Waals surface area contributed by atoms with Crippen molar-refractivity contribution in [3.63, 3.8) is 0 Å². The highest BCUT2D eigenvalue weighted by Crippen LogP contribution is 2.27. The van der Waals surface area contributed by atoms with Gasteiger partial charge in [0, 0.05) is 5.56 Å². The van der Waals surface area contributed by atoms with Crippen molar-refractivity contribution in [1.82, 2.24) is 0 Å². The van der Waals surface area contributed by atoms with Crippen LogP contribution in [0.15, 0.2) is 29.6 Å². The van der Waals surface area contributed by atoms with Gasteiger partial charge in [-0.05, 0) is 36.1 Å². The number of carbonyl (C=O) groups is 1. The van der Waals surface area contributed by atoms with Crippen LogP contribution in [0.2, 0.25) is 5.02 Å². The van der Waals surface area contributed by atoms with Crippen LogP contribution >= 0.6 is 22.9 Å². The second kappa shape index (κ2) is 4.28. The summed E-state index contributed by atoms with van der Waals surface area (Å²) in [5.41, 5.74) is 7.58. The van der Waals surface area contributed by atoms with E-state index >= 15 is 0 Å². The molecular formula is C12H10ClNOS. The van der Waals surface area contributed by atoms with Gasteiger partial charge in [0.05, 0.1) is 15.6 Å². The van der Waals surface area contributed by atoms with Gasteiger partial charge in [-0.2, -0.15) is 0 Å². The second-order valence-corrected chi connectivity index (χ2v) is 4.79. The number of ketones is 1. The SMILES string of the molecule is Cc1ccsc1C(=O)c1cccc(Cl)c1N. The Morgan fingerprint density at radius 2 is 2.12 bits per heavy atom. The van der Waals surface area contributed by atoms with Crippen LogP contribution in [0, 0.1) is 6.92 Å². The van der Waals surface area contributed by atoms with E-state index < -0.39 is 0 Å². The van der Waals surface area contributed by atoms with Gasteiger partial charge in [0.2, 0.25) is 5.78 Å². The number of rotatable bonds is 2. The molecule has 0 fully saturated rings. The van der Waals surface area contributed by atoms with Crippen molar-refractivity contribution < 1.29 is 4.79 Å². The van der Waals surface area contributed by atoms with E-state index in [4.69, 9.17) is 17.3 Å². The van der Waals surface area contributed by atoms with Gasteiger partial charge in [0.25, 0.3) is 0 Å². The monoisotopic (exact) mass is 251 g/mol. The first-order valence-corrected chi connectivity index (χ1v) is 6.00. The molecule has 2 aromatic rings. The van der Waals surface area contributed by atoms with Crippen LogP contribution in [-0.4, -0.2) is 5.78 Å². The third kappa shape index (κ3) is 1.84. The van der Waals surface area contributed by atoms with Crippen molar-refractivity contribution in [2.45, 2.75) is 6.92 Å². The zero-order valence-corrected chi connectivity index (χ0v) is 10.2. The highest BCUT2D eigenvalue weighted by atomic mass is 35.5. The highest BCUT2D eigenvalue weighted by Gasteiger charge is 2.16. The molecule has 16 heavy (non-hydrogen) atoms. The Labute approximate surface area is 103 Å². The average Bonchev–Trinajstić information content (AvgIpc) is 2.68. The van der Waals surface area contributed by atoms with E-state index in [1.54, 1.807) is 18.2 Å². The van der Waals surface area contributed by atoms with Gasteiger partial charge >= 0.3 is 0 Å². The summed E-state index contributed by atoms with van der Waals surface area (Å²) in [6.07, 6.45) is 0. The molecule has 0 unspecified atom stereocenters. The highest BCUT2D eigenvalue weighted by molar-refractivity contribution is 7.12. The van der Waals surface area contributed by atoms with Crippen LogP contribution in [0.5, 0.6) is 0 Å². The summed E-state index contributed by atoms with van der Waals surface area (Å²) in [6, 6.07) is 7.02. The Morgan fingerprint density at radius 3 is 2.75 bits per heavy atom. The lowest BCUT2D eigenvalue weighted by Crippen LogP contribution is -2.05. The minimum absolute atomic E-state index is 0.0625. The molecule has 0 saturated carbocycles. The van der Waals surface area contributed by atoms with Crippen LogP contribution in [0.25, 0.3) is 0 Å². The topological polar surface area (TPSA) is 43.1 Å². The number of nitrogens with two attached hydrogens (primary N) is 1. The summed E-state index contributed by atoms with van der Waals surface area (Å²) in [5.74, 6) is -0.0625. The summed E-state index contributed by atoms with van der Waals surface area (Å²) in [6.45, 7) is 1.91. The summed E-state index contributed by atoms with van der Waals surface area (Å²) >= 11 is 7.30. The van der Waals surface area contributed by atoms with E-state index in [-0.39, 0.29) is 5.78 Å². The number of nitrogen functional groups attached to an aromatic ring is 1. The maximum Gasteiger partial charge on any atom is 0.205 e. The molecule has 2 N–H and O–H groups in total. The minimum atomic E-state index is -0.0625. The van der Waals surface area contributed by atoms with Gasteiger partial charge < -0.3 is 5.73 Å². The molecule has 0 atom stereocenters. The molecule has 82 valence electrons. The number of halogens is 1. The molecule has 0 saturated heterocycles. The molecule has 1 heterocycles. The third-order valence-corrected chi connectivity index (χ3v) is 3.71. The molecule has 0 aliphatic heterocycles. The van der Waals surface area contributed by atoms with E-state index in [0.29, 0.717) is 21.2 Å². The molecule has 4 heteroatoms. The van der Waals surface area contributed by atoms with Gasteiger partial charge in [0.1, 0.15) is 0 Å². The summed E-state index contributed by atoms with van der Waals surface area (Å²) in [5, 5.41) is 2.31. The maximum atomic E-state index is 12.2. The van der Waals surface area contributed by atoms with Crippen LogP contribution in [-0.2, 0) is 0 Å². The molecule has 1 aromatic carbocycles. The van der Waals surface area contributed by atoms with Gasteiger partial charge in [-0.3, -0.25) is 4.79 Å². The molecule has 2 rings (SSSR count). The molecule has 0 radical (unpaired) electrons. The molecule has 0 amide bonds. The summed E-state index contributed by atoms with van der Waals surface area (Å²) in [4.78, 5) is 12.9. The van der Waals surface area contributed by atoms with Crippen LogP contribution in [0.3, 0.4) is 0 Å². The second-order valence-electron chi connectivity index (χ2n) is 3.46. The molecule has 2 nitrogen and oxygen atoms in total. The number of aryl methyl sites for hydroxylation is 1. The van der Waals surface area contributed by atoms with Crippen LogP contribution in [0.4, 0.5) is 5.69 Å². The zero-order valence-electron chi connectivity index (χ0n) is 8.66. The fourth-order valence-electron chi connectivity index (χ4n) is 1.46. The summed E-state index contributed by atoms with van der Waals surface area (Å²) in [7, 11) is 0. The van der Waals surface area contributed by atoms with E-state index in [1.165, 1.54) is 11.3 Å². The van der Waals surface area contributed by atoms with Crippen LogP contribution < -0.4 is 5.73 Å². The number of para-hydroxylation sites is 1. The number of hydrogen-bond acceptors (Lipinski definition) is 3. The predicted octanol–water partition coefficient (Wildman–Crippen LogP) is 3.52. The van der Waals surface area contributed by atoms with Gasteiger partial charge in [-0.25, -0.2) is 0 Å². The fourth-order valence-corrected chi connectivity index (χ4v) is 2.52. The molecular weight excluding hydrogens is 242 g/mol. The van der Waals surface area contributed by atoms with E-state index in [0.717, 1.165) is 5.56 Å². The number of carbonyl (C=O) groups excluding carboxylic acids is 1. The van der Waals surface area contributed by atoms with Crippen molar-refractivity contribution >= 4 is 34.4 Å². The quantitative estimate of drug-likeness (QED) is 0.656. The van der Waals surface area contributed by atoms with E-state index in [1.807, 2.05) is 18.4 Å². The number of benzene rings is 1. The lowest BCUT2D eigenvalue weighted by atomic mass is 10.1. The average molecular weight is 252 g/mol. The molecule has 0 aliphatic rings. The first-order valence-electron chi connectivity index (χ1n) is 4.74. The minimum Gasteiger partial charge on any atom is -0.397 e. The Kier molecular flexibility index (Phi) is 2.99. The van der Waals surface area contributed by atoms with Crippen molar-refractivity contribution in [2.75, 3.05) is 5.73 Å². The maximum absolute atomic E-state index is 12.2. The standard InChI is InChI=1S/C12H10ClNOS/c1-7-5-6-16-12(7)11(15)8-3-2-4-9(13)10(8)14/h2-6H,14H2,1H3. The smallest absolute Gasteiger partial charge is 0.205 e. The Bertz CT molecular complexity index is 548. The lowest BCUT2D eigenvalue weighted by Gasteiger charge is -2.05. The van der Waals surface area contributed by atoms with Gasteiger partial charge in [-0.1, -0.05) is 17.7 Å². The van der Waals surface area contributed by atoms with Gasteiger partial charge in [0.15, 0.2) is 0 Å². The Balaban J connectivity index is 2.50. The number of thiophene rings is 1. The fraction of sp³-hybridized carbons (Fsp3) is 0.0833. The molecule has 0 bridgehead atoms. The molecule has 1 aromatic heterocycles. The van der Waals surface area contributed by atoms with Crippen molar-refractivity contribution in [1.29, 1.82) is 0 Å². The van der Waals surface area contributed by atoms with Crippen molar-refractivity contribution in [3.05, 3.63) is 50.7 Å². The first-order chi connectivity index (χ1) is 7.61. The van der Waals surface area contributed by atoms with Gasteiger partial charge in [-0.15, -0.1) is 11.3 Å². The van der Waals surface area contributed by atoms with E-state index in [2.05, 4.69) is 0 Å². The predicted molar refractivity (Wildman–Crippen MR) is 68.4 cm³/mol. The molecule has 0 spiro atoms. The first kappa shape index (κ1) is 11.2. The van der Waals surface area contributed by atoms with E-state index in [9.17, 15) is 4.79 Å².